The second-order valence-electron chi connectivity index (χ2n) is 6.78. The number of rotatable bonds is 5. The monoisotopic (exact) mass is 392 g/mol. The summed E-state index contributed by atoms with van der Waals surface area (Å²) in [7, 11) is 0. The molecule has 4 aromatic rings. The van der Waals surface area contributed by atoms with E-state index < -0.39 is 0 Å². The highest BCUT2D eigenvalue weighted by Gasteiger charge is 2.13. The molecule has 142 valence electrons. The van der Waals surface area contributed by atoms with Gasteiger partial charge in [0.2, 0.25) is 4.96 Å². The average Bonchev–Trinajstić information content (AvgIpc) is 3.20. The van der Waals surface area contributed by atoms with Crippen molar-refractivity contribution in [1.82, 2.24) is 14.6 Å². The molecule has 2 heterocycles. The van der Waals surface area contributed by atoms with E-state index in [0.717, 1.165) is 27.3 Å². The van der Waals surface area contributed by atoms with Crippen LogP contribution in [-0.4, -0.2) is 27.1 Å². The van der Waals surface area contributed by atoms with Crippen molar-refractivity contribution in [3.05, 3.63) is 64.5 Å². The first-order chi connectivity index (χ1) is 13.5. The first-order valence-corrected chi connectivity index (χ1v) is 9.78. The molecule has 2 aromatic heterocycles. The first kappa shape index (κ1) is 18.2. The van der Waals surface area contributed by atoms with Crippen molar-refractivity contribution in [2.75, 3.05) is 11.9 Å². The Bertz CT molecular complexity index is 1120. The maximum atomic E-state index is 12.2. The van der Waals surface area contributed by atoms with Gasteiger partial charge in [-0.15, -0.1) is 16.4 Å². The third kappa shape index (κ3) is 3.89. The van der Waals surface area contributed by atoms with Gasteiger partial charge in [-0.05, 0) is 44.0 Å². The number of nitrogens with zero attached hydrogens (tertiary/aromatic N) is 3. The summed E-state index contributed by atoms with van der Waals surface area (Å²) in [6.07, 6.45) is 0. The van der Waals surface area contributed by atoms with Gasteiger partial charge in [0, 0.05) is 10.9 Å². The van der Waals surface area contributed by atoms with Gasteiger partial charge >= 0.3 is 0 Å². The summed E-state index contributed by atoms with van der Waals surface area (Å²) in [5, 5.41) is 9.14. The molecule has 0 saturated carbocycles. The number of hydrogen-bond donors (Lipinski definition) is 1. The Hall–Kier alpha value is -3.19. The van der Waals surface area contributed by atoms with Crippen molar-refractivity contribution in [3.63, 3.8) is 0 Å². The topological polar surface area (TPSA) is 68.5 Å². The highest BCUT2D eigenvalue weighted by molar-refractivity contribution is 7.15. The number of anilines is 1. The maximum absolute atomic E-state index is 12.2. The smallest absolute Gasteiger partial charge is 0.264 e. The van der Waals surface area contributed by atoms with Gasteiger partial charge < -0.3 is 4.74 Å². The number of ether oxygens (including phenoxy) is 1. The summed E-state index contributed by atoms with van der Waals surface area (Å²) in [6.45, 7) is 5.94. The Labute approximate surface area is 166 Å². The van der Waals surface area contributed by atoms with Gasteiger partial charge in [0.1, 0.15) is 5.75 Å². The van der Waals surface area contributed by atoms with Crippen LogP contribution < -0.4 is 10.1 Å². The quantitative estimate of drug-likeness (QED) is 0.547. The summed E-state index contributed by atoms with van der Waals surface area (Å²) in [4.78, 5) is 17.3. The van der Waals surface area contributed by atoms with Crippen LogP contribution in [0.5, 0.6) is 5.75 Å². The first-order valence-electron chi connectivity index (χ1n) is 8.90. The number of carbonyl (C=O) groups excluding carboxylic acids is 1. The zero-order valence-electron chi connectivity index (χ0n) is 15.9. The Morgan fingerprint density at radius 1 is 1.07 bits per heavy atom. The fourth-order valence-corrected chi connectivity index (χ4v) is 3.81. The Kier molecular flexibility index (Phi) is 4.83. The Morgan fingerprint density at radius 3 is 2.50 bits per heavy atom. The van der Waals surface area contributed by atoms with Crippen molar-refractivity contribution < 1.29 is 9.53 Å². The number of fused-ring (bicyclic) bond motifs is 1. The SMILES string of the molecule is Cc1ccc(-c2csc3nc(NC(=O)COc4cc(C)cc(C)c4)nn23)cc1. The lowest BCUT2D eigenvalue weighted by molar-refractivity contribution is -0.118. The summed E-state index contributed by atoms with van der Waals surface area (Å²) in [5.74, 6) is 0.650. The summed E-state index contributed by atoms with van der Waals surface area (Å²) >= 11 is 1.48. The summed E-state index contributed by atoms with van der Waals surface area (Å²) in [5.41, 5.74) is 5.38. The fourth-order valence-electron chi connectivity index (χ4n) is 2.98. The number of thiazole rings is 1. The van der Waals surface area contributed by atoms with Crippen LogP contribution in [0.15, 0.2) is 47.8 Å². The minimum atomic E-state index is -0.297. The number of aromatic nitrogens is 3. The molecule has 0 bridgehead atoms. The molecule has 28 heavy (non-hydrogen) atoms. The second-order valence-corrected chi connectivity index (χ2v) is 7.61. The molecule has 2 aromatic carbocycles. The lowest BCUT2D eigenvalue weighted by atomic mass is 10.1. The zero-order chi connectivity index (χ0) is 19.7. The van der Waals surface area contributed by atoms with Crippen molar-refractivity contribution in [1.29, 1.82) is 0 Å². The van der Waals surface area contributed by atoms with Crippen molar-refractivity contribution in [2.45, 2.75) is 20.8 Å². The molecule has 0 radical (unpaired) electrons. The highest BCUT2D eigenvalue weighted by atomic mass is 32.1. The molecule has 0 unspecified atom stereocenters. The number of hydrogen-bond acceptors (Lipinski definition) is 5. The lowest BCUT2D eigenvalue weighted by Gasteiger charge is -2.07. The van der Waals surface area contributed by atoms with E-state index in [4.69, 9.17) is 4.74 Å². The molecule has 6 nitrogen and oxygen atoms in total. The molecule has 0 aliphatic heterocycles. The molecular formula is C21H20N4O2S. The van der Waals surface area contributed by atoms with Crippen LogP contribution in [0.3, 0.4) is 0 Å². The lowest BCUT2D eigenvalue weighted by Crippen LogP contribution is -2.21. The number of aryl methyl sites for hydroxylation is 3. The van der Waals surface area contributed by atoms with Crippen LogP contribution in [0.2, 0.25) is 0 Å². The van der Waals surface area contributed by atoms with E-state index in [1.165, 1.54) is 16.9 Å². The van der Waals surface area contributed by atoms with Crippen molar-refractivity contribution >= 4 is 28.2 Å². The van der Waals surface area contributed by atoms with Gasteiger partial charge in [-0.3, -0.25) is 10.1 Å². The minimum Gasteiger partial charge on any atom is -0.484 e. The fraction of sp³-hybridized carbons (Fsp3) is 0.190. The van der Waals surface area contributed by atoms with E-state index in [-0.39, 0.29) is 18.5 Å². The molecule has 0 fully saturated rings. The number of nitrogens with one attached hydrogen (secondary N) is 1. The molecule has 4 rings (SSSR count). The van der Waals surface area contributed by atoms with E-state index in [1.54, 1.807) is 4.52 Å². The molecule has 0 atom stereocenters. The van der Waals surface area contributed by atoms with Gasteiger partial charge in [0.05, 0.1) is 5.69 Å². The normalized spacial score (nSPS) is 11.0. The molecule has 1 amide bonds. The van der Waals surface area contributed by atoms with Crippen LogP contribution in [-0.2, 0) is 4.79 Å². The molecule has 1 N–H and O–H groups in total. The predicted octanol–water partition coefficient (Wildman–Crippen LogP) is 4.40. The van der Waals surface area contributed by atoms with Crippen LogP contribution >= 0.6 is 11.3 Å². The second kappa shape index (κ2) is 7.44. The molecular weight excluding hydrogens is 372 g/mol. The van der Waals surface area contributed by atoms with Gasteiger partial charge in [0.15, 0.2) is 6.61 Å². The van der Waals surface area contributed by atoms with Gasteiger partial charge in [-0.2, -0.15) is 4.98 Å². The zero-order valence-corrected chi connectivity index (χ0v) is 16.7. The van der Waals surface area contributed by atoms with E-state index in [2.05, 4.69) is 52.7 Å². The van der Waals surface area contributed by atoms with E-state index in [0.29, 0.717) is 5.75 Å². The van der Waals surface area contributed by atoms with E-state index in [1.807, 2.05) is 31.4 Å². The average molecular weight is 392 g/mol. The minimum absolute atomic E-state index is 0.0967. The number of amides is 1. The summed E-state index contributed by atoms with van der Waals surface area (Å²) < 4.78 is 7.34. The maximum Gasteiger partial charge on any atom is 0.264 e. The number of benzene rings is 2. The third-order valence-electron chi connectivity index (χ3n) is 4.25. The standard InChI is InChI=1S/C21H20N4O2S/c1-13-4-6-16(7-5-13)18-12-28-21-23-20(24-25(18)21)22-19(26)11-27-17-9-14(2)8-15(3)10-17/h4-10,12H,11H2,1-3H3,(H,22,24,26). The van der Waals surface area contributed by atoms with E-state index in [9.17, 15) is 4.79 Å². The molecule has 0 saturated heterocycles. The largest absolute Gasteiger partial charge is 0.484 e. The van der Waals surface area contributed by atoms with Crippen LogP contribution in [0.4, 0.5) is 5.95 Å². The third-order valence-corrected chi connectivity index (χ3v) is 5.06. The molecule has 7 heteroatoms. The van der Waals surface area contributed by atoms with Crippen LogP contribution in [0, 0.1) is 20.8 Å². The highest BCUT2D eigenvalue weighted by Crippen LogP contribution is 2.26. The van der Waals surface area contributed by atoms with E-state index >= 15 is 0 Å². The van der Waals surface area contributed by atoms with Crippen LogP contribution in [0.1, 0.15) is 16.7 Å². The van der Waals surface area contributed by atoms with Crippen LogP contribution in [0.25, 0.3) is 16.2 Å². The number of carbonyl (C=O) groups is 1. The predicted molar refractivity (Wildman–Crippen MR) is 111 cm³/mol. The molecule has 0 aliphatic rings. The van der Waals surface area contributed by atoms with Crippen molar-refractivity contribution in [2.24, 2.45) is 0 Å². The summed E-state index contributed by atoms with van der Waals surface area (Å²) in [6, 6.07) is 14.1. The Balaban J connectivity index is 1.46. The molecule has 0 aliphatic carbocycles. The molecule has 0 spiro atoms. The van der Waals surface area contributed by atoms with Gasteiger partial charge in [-0.1, -0.05) is 35.9 Å². The Morgan fingerprint density at radius 2 is 1.79 bits per heavy atom. The van der Waals surface area contributed by atoms with Crippen molar-refractivity contribution in [3.8, 4) is 17.0 Å². The van der Waals surface area contributed by atoms with Gasteiger partial charge in [0.25, 0.3) is 11.9 Å². The van der Waals surface area contributed by atoms with Gasteiger partial charge in [-0.25, -0.2) is 4.52 Å².